The van der Waals surface area contributed by atoms with E-state index in [9.17, 15) is 19.2 Å². The number of hydrogen-bond acceptors (Lipinski definition) is 11. The van der Waals surface area contributed by atoms with Gasteiger partial charge in [0, 0.05) is 27.7 Å². The summed E-state index contributed by atoms with van der Waals surface area (Å²) in [5, 5.41) is 2.60. The number of hydrogen-bond donors (Lipinski definition) is 1. The van der Waals surface area contributed by atoms with E-state index < -0.39 is 54.5 Å². The standard InChI is InChI=1S/C21H24N2O10/c1-10(24)22-17-19(30-13(4)27)18(29-12(3)26)16(9-28-11(2)25)31-20(17)33-21-23-14-7-5-6-8-15(14)32-21/h5-8,16-20H,9H2,1-4H3,(H,22,24)/t16-,17+,18+,19-,20+/m1/s1. The van der Waals surface area contributed by atoms with Gasteiger partial charge in [0.15, 0.2) is 17.8 Å². The van der Waals surface area contributed by atoms with Crippen LogP contribution in [-0.4, -0.2) is 66.0 Å². The predicted octanol–water partition coefficient (Wildman–Crippen LogP) is 0.863. The molecule has 1 aromatic heterocycles. The molecule has 33 heavy (non-hydrogen) atoms. The van der Waals surface area contributed by atoms with Crippen molar-refractivity contribution >= 4 is 34.9 Å². The van der Waals surface area contributed by atoms with Crippen LogP contribution in [-0.2, 0) is 38.1 Å². The lowest BCUT2D eigenvalue weighted by molar-refractivity contribution is -0.259. The smallest absolute Gasteiger partial charge is 0.397 e. The van der Waals surface area contributed by atoms with Crippen LogP contribution in [0.3, 0.4) is 0 Å². The van der Waals surface area contributed by atoms with Gasteiger partial charge in [-0.05, 0) is 12.1 Å². The van der Waals surface area contributed by atoms with E-state index in [4.69, 9.17) is 28.1 Å². The maximum atomic E-state index is 11.9. The monoisotopic (exact) mass is 464 g/mol. The van der Waals surface area contributed by atoms with E-state index in [1.165, 1.54) is 13.8 Å². The SMILES string of the molecule is CC(=O)N[C@@H]1[C@H](Oc2nc3ccccc3o2)O[C@H](COC(C)=O)[C@H](OC(C)=O)[C@@H]1OC(C)=O. The zero-order valence-corrected chi connectivity index (χ0v) is 18.4. The molecule has 5 atom stereocenters. The molecule has 0 aliphatic carbocycles. The molecule has 1 N–H and O–H groups in total. The van der Waals surface area contributed by atoms with Gasteiger partial charge in [-0.3, -0.25) is 19.2 Å². The van der Waals surface area contributed by atoms with Crippen LogP contribution < -0.4 is 10.1 Å². The third-order valence-corrected chi connectivity index (χ3v) is 4.56. The first-order chi connectivity index (χ1) is 15.6. The minimum Gasteiger partial charge on any atom is -0.463 e. The van der Waals surface area contributed by atoms with E-state index in [2.05, 4.69) is 10.3 Å². The Morgan fingerprint density at radius 3 is 2.24 bits per heavy atom. The number of para-hydroxylation sites is 2. The first kappa shape index (κ1) is 24.0. The molecular weight excluding hydrogens is 440 g/mol. The number of esters is 3. The Morgan fingerprint density at radius 1 is 0.970 bits per heavy atom. The Hall–Kier alpha value is -3.67. The zero-order valence-electron chi connectivity index (χ0n) is 18.4. The summed E-state index contributed by atoms with van der Waals surface area (Å²) in [5.74, 6) is -2.51. The van der Waals surface area contributed by atoms with Crippen LogP contribution in [0.4, 0.5) is 0 Å². The van der Waals surface area contributed by atoms with Gasteiger partial charge >= 0.3 is 24.0 Å². The summed E-state index contributed by atoms with van der Waals surface area (Å²) in [5.41, 5.74) is 0.968. The predicted molar refractivity (Wildman–Crippen MR) is 109 cm³/mol. The van der Waals surface area contributed by atoms with Crippen molar-refractivity contribution in [2.24, 2.45) is 0 Å². The zero-order chi connectivity index (χ0) is 24.1. The van der Waals surface area contributed by atoms with Crippen molar-refractivity contribution < 1.29 is 47.3 Å². The quantitative estimate of drug-likeness (QED) is 0.459. The van der Waals surface area contributed by atoms with Crippen molar-refractivity contribution in [2.75, 3.05) is 6.61 Å². The number of nitrogens with one attached hydrogen (secondary N) is 1. The van der Waals surface area contributed by atoms with E-state index in [1.807, 2.05) is 0 Å². The highest BCUT2D eigenvalue weighted by Gasteiger charge is 2.52. The summed E-state index contributed by atoms with van der Waals surface area (Å²) < 4.78 is 33.0. The minimum atomic E-state index is -1.31. The highest BCUT2D eigenvalue weighted by molar-refractivity contribution is 5.74. The lowest BCUT2D eigenvalue weighted by Crippen LogP contribution is -2.67. The van der Waals surface area contributed by atoms with Crippen LogP contribution in [0.2, 0.25) is 0 Å². The van der Waals surface area contributed by atoms with Gasteiger partial charge in [0.1, 0.15) is 24.3 Å². The van der Waals surface area contributed by atoms with Crippen molar-refractivity contribution in [3.8, 4) is 6.08 Å². The highest BCUT2D eigenvalue weighted by atomic mass is 16.7. The molecule has 2 heterocycles. The molecule has 1 saturated heterocycles. The number of rotatable bonds is 7. The summed E-state index contributed by atoms with van der Waals surface area (Å²) in [4.78, 5) is 51.1. The van der Waals surface area contributed by atoms with E-state index in [1.54, 1.807) is 24.3 Å². The number of fused-ring (bicyclic) bond motifs is 1. The van der Waals surface area contributed by atoms with Gasteiger partial charge < -0.3 is 33.4 Å². The summed E-state index contributed by atoms with van der Waals surface area (Å²) in [6.07, 6.45) is -5.03. The van der Waals surface area contributed by atoms with Crippen molar-refractivity contribution in [1.29, 1.82) is 0 Å². The molecule has 1 aliphatic heterocycles. The molecule has 1 amide bonds. The number of ether oxygens (including phenoxy) is 5. The second kappa shape index (κ2) is 10.3. The molecule has 1 aliphatic rings. The van der Waals surface area contributed by atoms with Gasteiger partial charge in [0.05, 0.1) is 0 Å². The average molecular weight is 464 g/mol. The lowest BCUT2D eigenvalue weighted by atomic mass is 9.96. The minimum absolute atomic E-state index is 0.171. The van der Waals surface area contributed by atoms with Gasteiger partial charge in [0.2, 0.25) is 12.2 Å². The Morgan fingerprint density at radius 2 is 1.64 bits per heavy atom. The number of amides is 1. The first-order valence-corrected chi connectivity index (χ1v) is 10.1. The topological polar surface area (TPSA) is 152 Å². The van der Waals surface area contributed by atoms with Crippen LogP contribution in [0.25, 0.3) is 11.1 Å². The molecule has 0 bridgehead atoms. The fourth-order valence-electron chi connectivity index (χ4n) is 3.39. The summed E-state index contributed by atoms with van der Waals surface area (Å²) in [6, 6.07) is 5.79. The number of benzene rings is 1. The summed E-state index contributed by atoms with van der Waals surface area (Å²) >= 11 is 0. The van der Waals surface area contributed by atoms with Crippen molar-refractivity contribution in [1.82, 2.24) is 10.3 Å². The van der Waals surface area contributed by atoms with Crippen LogP contribution in [0.5, 0.6) is 6.08 Å². The van der Waals surface area contributed by atoms with Crippen molar-refractivity contribution in [3.63, 3.8) is 0 Å². The average Bonchev–Trinajstić information content (AvgIpc) is 3.12. The number of nitrogens with zero attached hydrogens (tertiary/aromatic N) is 1. The molecule has 12 nitrogen and oxygen atoms in total. The molecule has 12 heteroatoms. The molecule has 2 aromatic rings. The van der Waals surface area contributed by atoms with E-state index in [0.717, 1.165) is 13.8 Å². The normalized spacial score (nSPS) is 24.5. The molecule has 1 aromatic carbocycles. The molecule has 0 unspecified atom stereocenters. The molecular formula is C21H24N2O10. The van der Waals surface area contributed by atoms with Crippen molar-refractivity contribution in [3.05, 3.63) is 24.3 Å². The van der Waals surface area contributed by atoms with Crippen LogP contribution in [0, 0.1) is 0 Å². The van der Waals surface area contributed by atoms with E-state index in [-0.39, 0.29) is 12.7 Å². The molecule has 0 saturated carbocycles. The van der Waals surface area contributed by atoms with Crippen LogP contribution in [0.15, 0.2) is 28.7 Å². The number of aromatic nitrogens is 1. The second-order valence-electron chi connectivity index (χ2n) is 7.29. The number of carbonyl (C=O) groups is 4. The Labute approximate surface area is 188 Å². The number of oxazole rings is 1. The lowest BCUT2D eigenvalue weighted by Gasteiger charge is -2.44. The largest absolute Gasteiger partial charge is 0.463 e. The van der Waals surface area contributed by atoms with E-state index >= 15 is 0 Å². The van der Waals surface area contributed by atoms with Gasteiger partial charge in [-0.15, -0.1) is 0 Å². The molecule has 0 spiro atoms. The number of carbonyl (C=O) groups excluding carboxylic acids is 4. The van der Waals surface area contributed by atoms with Crippen LogP contribution >= 0.6 is 0 Å². The van der Waals surface area contributed by atoms with Gasteiger partial charge in [-0.1, -0.05) is 12.1 Å². The molecule has 3 rings (SSSR count). The van der Waals surface area contributed by atoms with Gasteiger partial charge in [-0.25, -0.2) is 0 Å². The van der Waals surface area contributed by atoms with Crippen LogP contribution in [0.1, 0.15) is 27.7 Å². The van der Waals surface area contributed by atoms with Gasteiger partial charge in [-0.2, -0.15) is 4.98 Å². The maximum Gasteiger partial charge on any atom is 0.397 e. The first-order valence-electron chi connectivity index (χ1n) is 10.1. The van der Waals surface area contributed by atoms with Gasteiger partial charge in [0.25, 0.3) is 0 Å². The van der Waals surface area contributed by atoms with Crippen molar-refractivity contribution in [2.45, 2.75) is 58.3 Å². The molecule has 1 fully saturated rings. The third-order valence-electron chi connectivity index (χ3n) is 4.56. The van der Waals surface area contributed by atoms with E-state index in [0.29, 0.717) is 11.1 Å². The summed E-state index contributed by atoms with van der Waals surface area (Å²) in [7, 11) is 0. The summed E-state index contributed by atoms with van der Waals surface area (Å²) in [6.45, 7) is 4.41. The third kappa shape index (κ3) is 6.19. The maximum absolute atomic E-state index is 11.9. The second-order valence-corrected chi connectivity index (χ2v) is 7.29. The Kier molecular flexibility index (Phi) is 7.48. The molecule has 0 radical (unpaired) electrons. The fraction of sp³-hybridized carbons (Fsp3) is 0.476. The highest BCUT2D eigenvalue weighted by Crippen LogP contribution is 2.30. The Balaban J connectivity index is 1.98. The fourth-order valence-corrected chi connectivity index (χ4v) is 3.39. The molecule has 178 valence electrons. The Bertz CT molecular complexity index is 1000.